The number of nitrogens with one attached hydrogen (secondary N) is 6. The number of aromatic amines is 2. The van der Waals surface area contributed by atoms with Crippen molar-refractivity contribution in [1.29, 1.82) is 0 Å². The molecule has 0 aliphatic heterocycles. The standard InChI is InChI=1S/C34H29N13O16S4/c1-13-7-24(48)40-31(36-13)42-33(51)38-16-3-5-21(65(54,55)56)18(11-16)44-46-28-20(63-64-53)9-15-10-23(67(60,61)62)29(27(35)26(15)30(28)50)47-45-19-12-17(4-6-22(19)66(57,58)59)39-34(52)43-32-37-14(2)8-25(49)41-32/h3-12,50,53H,35H2,1-2H3,(H,54,55,56)(H,57,58,59)(H,60,61,62)(H3,36,38,40,42,48,51)(H3,37,39,41,43,49,52)/b46-44+,47-45+. The largest absolute Gasteiger partial charge is 0.505 e. The van der Waals surface area contributed by atoms with E-state index in [1.807, 2.05) is 0 Å². The van der Waals surface area contributed by atoms with Crippen molar-refractivity contribution < 1.29 is 62.3 Å². The molecule has 6 rings (SSSR count). The first kappa shape index (κ1) is 48.5. The molecule has 0 atom stereocenters. The van der Waals surface area contributed by atoms with Crippen LogP contribution in [-0.4, -0.2) is 80.6 Å². The fourth-order valence-electron chi connectivity index (χ4n) is 5.82. The molecule has 350 valence electrons. The molecule has 33 heteroatoms. The molecule has 29 nitrogen and oxygen atoms in total. The number of aryl methyl sites for hydroxylation is 2. The zero-order chi connectivity index (χ0) is 49.2. The Morgan fingerprint density at radius 2 is 1.10 bits per heavy atom. The Kier molecular flexibility index (Phi) is 13.7. The summed E-state index contributed by atoms with van der Waals surface area (Å²) in [6.07, 6.45) is 0. The molecule has 4 amide bonds. The van der Waals surface area contributed by atoms with Gasteiger partial charge in [-0.2, -0.15) is 35.2 Å². The molecular weight excluding hydrogens is 975 g/mol. The van der Waals surface area contributed by atoms with Crippen LogP contribution >= 0.6 is 12.3 Å². The number of carbonyl (C=O) groups is 2. The minimum Gasteiger partial charge on any atom is -0.505 e. The number of rotatable bonds is 13. The number of nitrogens with zero attached hydrogens (tertiary/aromatic N) is 6. The summed E-state index contributed by atoms with van der Waals surface area (Å²) in [7, 11) is -15.6. The summed E-state index contributed by atoms with van der Waals surface area (Å²) in [5, 5.41) is 34.7. The van der Waals surface area contributed by atoms with Crippen molar-refractivity contribution in [2.75, 3.05) is 27.0 Å². The highest BCUT2D eigenvalue weighted by molar-refractivity contribution is 7.89. The number of carbonyl (C=O) groups excluding carboxylic acids is 2. The topological polar surface area (TPSA) is 462 Å². The minimum absolute atomic E-state index is 0.185. The zero-order valence-corrected chi connectivity index (χ0v) is 36.7. The first-order chi connectivity index (χ1) is 31.3. The maximum Gasteiger partial charge on any atom is 0.326 e. The number of phenolic OH excluding ortho intramolecular Hbond substituents is 1. The molecule has 0 fully saturated rings. The van der Waals surface area contributed by atoms with Crippen molar-refractivity contribution in [2.24, 2.45) is 20.5 Å². The van der Waals surface area contributed by atoms with Gasteiger partial charge in [0.1, 0.15) is 31.7 Å². The van der Waals surface area contributed by atoms with Gasteiger partial charge in [0.2, 0.25) is 24.2 Å². The van der Waals surface area contributed by atoms with Crippen LogP contribution in [0.4, 0.5) is 61.3 Å². The highest BCUT2D eigenvalue weighted by Crippen LogP contribution is 2.50. The van der Waals surface area contributed by atoms with E-state index in [1.54, 1.807) is 0 Å². The van der Waals surface area contributed by atoms with Crippen molar-refractivity contribution in [2.45, 2.75) is 28.5 Å². The SMILES string of the molecule is Cc1cc(=O)nc(NC(=O)Nc2ccc(S(=O)(=O)O)c(/N=N/c3c(S(=O)(=O)O)cc4cc(OSO)c(/N=N/c5cc(NC(=O)Nc6nc(=O)cc(C)[nH]6)ccc5S(=O)(=O)O)c(O)c4c3N)c2)[nH]1. The van der Waals surface area contributed by atoms with Gasteiger partial charge in [-0.3, -0.25) is 38.4 Å². The molecule has 4 aromatic carbocycles. The number of anilines is 5. The van der Waals surface area contributed by atoms with E-state index >= 15 is 0 Å². The van der Waals surface area contributed by atoms with E-state index in [9.17, 15) is 67.7 Å². The van der Waals surface area contributed by atoms with Crippen LogP contribution in [-0.2, 0) is 30.4 Å². The number of amides is 4. The molecule has 0 saturated carbocycles. The molecule has 2 heterocycles. The maximum atomic E-state index is 12.7. The second-order valence-corrected chi connectivity index (χ2v) is 17.8. The first-order valence-corrected chi connectivity index (χ1v) is 22.8. The van der Waals surface area contributed by atoms with E-state index in [2.05, 4.69) is 61.7 Å². The van der Waals surface area contributed by atoms with Gasteiger partial charge in [0.25, 0.3) is 41.5 Å². The fourth-order valence-corrected chi connectivity index (χ4v) is 7.90. The number of phenols is 1. The third-order valence-electron chi connectivity index (χ3n) is 8.44. The van der Waals surface area contributed by atoms with E-state index in [-0.39, 0.29) is 41.0 Å². The maximum absolute atomic E-state index is 12.7. The zero-order valence-electron chi connectivity index (χ0n) is 33.4. The van der Waals surface area contributed by atoms with Crippen molar-refractivity contribution >= 4 is 117 Å². The number of hydrogen-bond donors (Lipinski definition) is 12. The highest BCUT2D eigenvalue weighted by atomic mass is 32.2. The Morgan fingerprint density at radius 3 is 1.52 bits per heavy atom. The lowest BCUT2D eigenvalue weighted by Crippen LogP contribution is -2.23. The molecule has 13 N–H and O–H groups in total. The van der Waals surface area contributed by atoms with E-state index < -0.39 is 114 Å². The number of hydrogen-bond acceptors (Lipinski definition) is 21. The first-order valence-electron chi connectivity index (χ1n) is 17.8. The van der Waals surface area contributed by atoms with Gasteiger partial charge in [-0.1, -0.05) is 0 Å². The lowest BCUT2D eigenvalue weighted by Gasteiger charge is -2.14. The second-order valence-electron chi connectivity index (χ2n) is 13.3. The second kappa shape index (κ2) is 18.9. The molecule has 0 saturated heterocycles. The lowest BCUT2D eigenvalue weighted by atomic mass is 10.0. The van der Waals surface area contributed by atoms with Crippen molar-refractivity contribution in [3.63, 3.8) is 0 Å². The van der Waals surface area contributed by atoms with Gasteiger partial charge in [-0.15, -0.1) is 20.5 Å². The molecule has 0 radical (unpaired) electrons. The molecule has 0 spiro atoms. The molecule has 0 bridgehead atoms. The molecule has 6 aromatic rings. The van der Waals surface area contributed by atoms with Gasteiger partial charge in [0, 0.05) is 34.9 Å². The van der Waals surface area contributed by atoms with Crippen LogP contribution in [0.2, 0.25) is 0 Å². The van der Waals surface area contributed by atoms with Crippen molar-refractivity contribution in [3.8, 4) is 11.5 Å². The smallest absolute Gasteiger partial charge is 0.326 e. The number of aromatic hydroxyl groups is 1. The van der Waals surface area contributed by atoms with Crippen molar-refractivity contribution in [3.05, 3.63) is 92.8 Å². The van der Waals surface area contributed by atoms with Crippen molar-refractivity contribution in [1.82, 2.24) is 19.9 Å². The average molecular weight is 1000 g/mol. The third kappa shape index (κ3) is 11.7. The predicted octanol–water partition coefficient (Wildman–Crippen LogP) is 5.27. The van der Waals surface area contributed by atoms with Crippen LogP contribution < -0.4 is 42.3 Å². The Hall–Kier alpha value is -7.92. The van der Waals surface area contributed by atoms with Gasteiger partial charge < -0.3 is 35.6 Å². The number of H-pyrrole nitrogens is 2. The molecule has 0 aliphatic carbocycles. The molecule has 0 unspecified atom stereocenters. The fraction of sp³-hybridized carbons (Fsp3) is 0.0588. The van der Waals surface area contributed by atoms with Crippen LogP contribution in [0.3, 0.4) is 0 Å². The lowest BCUT2D eigenvalue weighted by molar-refractivity contribution is 0.261. The van der Waals surface area contributed by atoms with E-state index in [4.69, 9.17) is 9.92 Å². The number of fused-ring (bicyclic) bond motifs is 1. The van der Waals surface area contributed by atoms with Gasteiger partial charge in [-0.05, 0) is 67.8 Å². The monoisotopic (exact) mass is 1000 g/mol. The quantitative estimate of drug-likeness (QED) is 0.0303. The Morgan fingerprint density at radius 1 is 0.657 bits per heavy atom. The molecule has 2 aromatic heterocycles. The van der Waals surface area contributed by atoms with E-state index in [1.165, 1.54) is 13.8 Å². The summed E-state index contributed by atoms with van der Waals surface area (Å²) in [5.74, 6) is -2.20. The summed E-state index contributed by atoms with van der Waals surface area (Å²) in [6, 6.07) is 7.21. The van der Waals surface area contributed by atoms with Gasteiger partial charge in [0.15, 0.2) is 17.2 Å². The van der Waals surface area contributed by atoms with Gasteiger partial charge in [0.05, 0.1) is 11.1 Å². The third-order valence-corrected chi connectivity index (χ3v) is 11.4. The Balaban J connectivity index is 1.43. The summed E-state index contributed by atoms with van der Waals surface area (Å²) in [5.41, 5.74) is 1.19. The van der Waals surface area contributed by atoms with Gasteiger partial charge in [-0.25, -0.2) is 9.59 Å². The molecule has 67 heavy (non-hydrogen) atoms. The summed E-state index contributed by atoms with van der Waals surface area (Å²) in [6.45, 7) is 3.03. The van der Waals surface area contributed by atoms with Crippen LogP contribution in [0.15, 0.2) is 105 Å². The predicted molar refractivity (Wildman–Crippen MR) is 236 cm³/mol. The van der Waals surface area contributed by atoms with E-state index in [0.29, 0.717) is 17.5 Å². The summed E-state index contributed by atoms with van der Waals surface area (Å²) < 4.78 is 119. The van der Waals surface area contributed by atoms with E-state index in [0.717, 1.165) is 54.6 Å². The van der Waals surface area contributed by atoms with Crippen LogP contribution in [0.1, 0.15) is 11.4 Å². The van der Waals surface area contributed by atoms with Crippen LogP contribution in [0, 0.1) is 13.8 Å². The molecule has 0 aliphatic rings. The Bertz CT molecular complexity index is 3570. The normalized spacial score (nSPS) is 12.1. The number of nitrogen functional groups attached to an aromatic ring is 1. The minimum atomic E-state index is -5.35. The van der Waals surface area contributed by atoms with Gasteiger partial charge >= 0.3 is 12.1 Å². The number of azo groups is 2. The Labute approximate surface area is 378 Å². The highest BCUT2D eigenvalue weighted by Gasteiger charge is 2.27. The average Bonchev–Trinajstić information content (AvgIpc) is 3.18. The van der Waals surface area contributed by atoms with Crippen LogP contribution in [0.25, 0.3) is 10.8 Å². The number of benzene rings is 4. The summed E-state index contributed by atoms with van der Waals surface area (Å²) >= 11 is -0.321. The summed E-state index contributed by atoms with van der Waals surface area (Å²) in [4.78, 5) is 58.3. The molecular formula is C34H29N13O16S4. The van der Waals surface area contributed by atoms with Crippen LogP contribution in [0.5, 0.6) is 11.5 Å². The number of nitrogens with two attached hydrogens (primary N) is 1. The number of urea groups is 2. The number of aromatic nitrogens is 4.